The van der Waals surface area contributed by atoms with Crippen LogP contribution in [-0.2, 0) is 47.4 Å². The molecule has 104 heavy (non-hydrogen) atoms. The standard InChI is InChI=1S/C79H136N18O7/c1-3-42-91(48-39-87-66-17-11-18-66)53-57-95(49-40-88-67-19-12-20-67)58-54-92(45-29-81)43-8-5-9-44-93(46-36-85-38-52-96(68-21-13-22-68)51-37-82-30-28-80)55-56-94(47-35-84-32-31-83-33-34-86-65-15-10-16-65)50-41-89-74(99)26-24-69(98)25-27-75(100)104-79(4-2)71-60-73-76-64(59-63-14-6-7-23-72(63)90-76)61-97(73)77(101)70(71)62-103-78(79)102/h6-7,14,23,59-60,65-68,82-88H,3-5,8-13,15-22,24-58,61-62,80-81H2,1-2H3,(H,89,99)/t79-/m0/s1. The molecule has 0 saturated heterocycles. The number of esters is 2. The van der Waals surface area contributed by atoms with Gasteiger partial charge in [-0.3, -0.25) is 33.9 Å². The number of nitrogens with one attached hydrogen (secondary N) is 8. The minimum atomic E-state index is -1.88. The van der Waals surface area contributed by atoms with Crippen LogP contribution in [0.25, 0.3) is 22.3 Å². The highest BCUT2D eigenvalue weighted by Crippen LogP contribution is 2.41. The molecular weight excluding hydrogens is 1310 g/mol. The Morgan fingerprint density at radius 2 is 1.09 bits per heavy atom. The molecule has 1 aromatic carbocycles. The van der Waals surface area contributed by atoms with Crippen molar-refractivity contribution in [3.8, 4) is 11.4 Å². The number of carbonyl (C=O) groups excluding carboxylic acids is 4. The van der Waals surface area contributed by atoms with E-state index in [1.54, 1.807) is 17.6 Å². The lowest BCUT2D eigenvalue weighted by molar-refractivity contribution is -0.189. The smallest absolute Gasteiger partial charge is 0.355 e. The molecule has 4 saturated carbocycles. The number of amides is 1. The first-order valence-corrected chi connectivity index (χ1v) is 41.1. The third kappa shape index (κ3) is 27.0. The molecular formula is C79H136N18O7. The number of pyridine rings is 2. The van der Waals surface area contributed by atoms with E-state index in [0.29, 0.717) is 62.2 Å². The van der Waals surface area contributed by atoms with Crippen molar-refractivity contribution >= 4 is 34.5 Å². The third-order valence-corrected chi connectivity index (χ3v) is 22.8. The first kappa shape index (κ1) is 83.1. The quantitative estimate of drug-likeness (QED) is 0.0224. The van der Waals surface area contributed by atoms with Crippen molar-refractivity contribution in [1.82, 2.24) is 81.5 Å². The van der Waals surface area contributed by atoms with Crippen molar-refractivity contribution in [2.45, 2.75) is 192 Å². The number of nitrogens with zero attached hydrogens (tertiary/aromatic N) is 8. The molecule has 0 radical (unpaired) electrons. The van der Waals surface area contributed by atoms with E-state index >= 15 is 0 Å². The molecule has 0 spiro atoms. The molecule has 584 valence electrons. The van der Waals surface area contributed by atoms with Gasteiger partial charge in [-0.1, -0.05) is 64.2 Å². The number of cyclic esters (lactones) is 1. The summed E-state index contributed by atoms with van der Waals surface area (Å²) in [5.74, 6) is -2.03. The molecule has 4 fully saturated rings. The Morgan fingerprint density at radius 1 is 0.558 bits per heavy atom. The van der Waals surface area contributed by atoms with Crippen LogP contribution in [0.5, 0.6) is 0 Å². The van der Waals surface area contributed by atoms with Crippen LogP contribution >= 0.6 is 0 Å². The van der Waals surface area contributed by atoms with Crippen molar-refractivity contribution in [1.29, 1.82) is 0 Å². The molecule has 2 aliphatic heterocycles. The molecule has 25 heteroatoms. The zero-order chi connectivity index (χ0) is 73.0. The van der Waals surface area contributed by atoms with Crippen molar-refractivity contribution in [3.63, 3.8) is 0 Å². The van der Waals surface area contributed by atoms with Gasteiger partial charge in [0.1, 0.15) is 12.4 Å². The number of Topliss-reactive ketones (excluding diaryl/α,β-unsaturated/α-hetero) is 1. The van der Waals surface area contributed by atoms with Crippen LogP contribution in [0.3, 0.4) is 0 Å². The maximum Gasteiger partial charge on any atom is 0.355 e. The van der Waals surface area contributed by atoms with Gasteiger partial charge in [-0.25, -0.2) is 9.78 Å². The van der Waals surface area contributed by atoms with E-state index in [-0.39, 0.29) is 67.1 Å². The molecule has 6 aliphatic rings. The Morgan fingerprint density at radius 3 is 1.68 bits per heavy atom. The molecule has 1 atom stereocenters. The summed E-state index contributed by atoms with van der Waals surface area (Å²) in [7, 11) is 0. The highest BCUT2D eigenvalue weighted by atomic mass is 16.6. The minimum absolute atomic E-state index is 0.0135. The maximum atomic E-state index is 14.1. The van der Waals surface area contributed by atoms with Crippen LogP contribution in [0.2, 0.25) is 0 Å². The summed E-state index contributed by atoms with van der Waals surface area (Å²) in [5.41, 5.74) is 13.3. The number of para-hydroxylation sites is 1. The maximum absolute atomic E-state index is 14.1. The number of unbranched alkanes of at least 4 members (excludes halogenated alkanes) is 2. The SMILES string of the molecule is CCCN(CCNC1CCC1)CCN(CCNC1CCC1)CCN(CCN)CCCCCN(CCNCCN(CCNCCN)C1CCC1)CCN(CCNCCNCCNC1CCC1)CCNC(=O)CCC(=O)CCC(=O)O[C@]1(CC)C(=O)OCc2c1cc1n(c2=O)Cc2cc3ccccc3nc2-1. The van der Waals surface area contributed by atoms with Gasteiger partial charge in [0.25, 0.3) is 5.56 Å². The van der Waals surface area contributed by atoms with E-state index in [2.05, 4.69) is 78.9 Å². The van der Waals surface area contributed by atoms with Crippen LogP contribution in [-0.4, -0.2) is 290 Å². The molecule has 12 N–H and O–H groups in total. The zero-order valence-corrected chi connectivity index (χ0v) is 64.0. The molecule has 4 aliphatic carbocycles. The number of hydrogen-bond acceptors (Lipinski definition) is 23. The number of ether oxygens (including phenoxy) is 2. The highest BCUT2D eigenvalue weighted by molar-refractivity contribution is 5.90. The first-order valence-electron chi connectivity index (χ1n) is 41.1. The summed E-state index contributed by atoms with van der Waals surface area (Å²) in [6.07, 6.45) is 19.9. The number of benzene rings is 1. The summed E-state index contributed by atoms with van der Waals surface area (Å²) in [6.45, 7) is 33.0. The number of carbonyl (C=O) groups is 4. The lowest BCUT2D eigenvalue weighted by Crippen LogP contribution is -2.47. The van der Waals surface area contributed by atoms with Gasteiger partial charge in [0.2, 0.25) is 11.5 Å². The molecule has 0 unspecified atom stereocenters. The van der Waals surface area contributed by atoms with E-state index in [9.17, 15) is 24.0 Å². The average molecular weight is 1450 g/mol. The molecule has 25 nitrogen and oxygen atoms in total. The second-order valence-electron chi connectivity index (χ2n) is 30.3. The van der Waals surface area contributed by atoms with Crippen LogP contribution < -0.4 is 59.6 Å². The topological polar surface area (TPSA) is 289 Å². The Hall–Kier alpha value is -4.94. The predicted molar refractivity (Wildman–Crippen MR) is 417 cm³/mol. The monoisotopic (exact) mass is 1450 g/mol. The Kier molecular flexibility index (Phi) is 37.1. The summed E-state index contributed by atoms with van der Waals surface area (Å²) >= 11 is 0. The van der Waals surface area contributed by atoms with E-state index in [1.165, 1.54) is 83.5 Å². The van der Waals surface area contributed by atoms with Gasteiger partial charge in [0.05, 0.1) is 35.4 Å². The van der Waals surface area contributed by atoms with E-state index in [4.69, 9.17) is 25.9 Å². The Labute approximate surface area is 622 Å². The van der Waals surface area contributed by atoms with Gasteiger partial charge < -0.3 is 82.7 Å². The summed E-state index contributed by atoms with van der Waals surface area (Å²) < 4.78 is 13.2. The third-order valence-electron chi connectivity index (χ3n) is 22.8. The van der Waals surface area contributed by atoms with Crippen LogP contribution in [0.15, 0.2) is 41.2 Å². The Balaban J connectivity index is 0.753. The van der Waals surface area contributed by atoms with E-state index in [1.807, 2.05) is 30.3 Å². The normalized spacial score (nSPS) is 17.6. The highest BCUT2D eigenvalue weighted by Gasteiger charge is 2.50. The molecule has 2 aromatic heterocycles. The van der Waals surface area contributed by atoms with Gasteiger partial charge in [0.15, 0.2) is 0 Å². The van der Waals surface area contributed by atoms with Gasteiger partial charge >= 0.3 is 11.9 Å². The number of rotatable bonds is 60. The molecule has 3 aromatic rings. The lowest BCUT2D eigenvalue weighted by atomic mass is 9.85. The van der Waals surface area contributed by atoms with Crippen molar-refractivity contribution in [3.05, 3.63) is 63.4 Å². The number of fused-ring (bicyclic) bond motifs is 5. The van der Waals surface area contributed by atoms with Gasteiger partial charge in [-0.2, -0.15) is 0 Å². The van der Waals surface area contributed by atoms with Gasteiger partial charge in [-0.05, 0) is 115 Å². The number of nitrogens with two attached hydrogens (primary N) is 2. The second kappa shape index (κ2) is 46.4. The number of hydrogen-bond donors (Lipinski definition) is 10. The lowest BCUT2D eigenvalue weighted by Gasteiger charge is -2.37. The van der Waals surface area contributed by atoms with Crippen molar-refractivity contribution < 1.29 is 28.7 Å². The first-order chi connectivity index (χ1) is 50.9. The second-order valence-corrected chi connectivity index (χ2v) is 30.3. The fourth-order valence-electron chi connectivity index (χ4n) is 15.2. The number of aromatic nitrogens is 2. The van der Waals surface area contributed by atoms with E-state index in [0.717, 1.165) is 218 Å². The van der Waals surface area contributed by atoms with Gasteiger partial charge in [-0.15, -0.1) is 0 Å². The molecule has 1 amide bonds. The zero-order valence-electron chi connectivity index (χ0n) is 64.0. The molecule has 9 rings (SSSR count). The van der Waals surface area contributed by atoms with Crippen molar-refractivity contribution in [2.75, 3.05) is 203 Å². The van der Waals surface area contributed by atoms with E-state index < -0.39 is 17.5 Å². The average Bonchev–Trinajstić information content (AvgIpc) is 1.50. The fraction of sp³-hybridized carbons (Fsp3) is 0.772. The Bertz CT molecular complexity index is 3070. The predicted octanol–water partition coefficient (Wildman–Crippen LogP) is 3.52. The summed E-state index contributed by atoms with van der Waals surface area (Å²) in [4.78, 5) is 89.0. The fourth-order valence-corrected chi connectivity index (χ4v) is 15.2. The molecule has 0 bridgehead atoms. The molecule has 4 heterocycles. The minimum Gasteiger partial charge on any atom is -0.457 e. The largest absolute Gasteiger partial charge is 0.457 e. The summed E-state index contributed by atoms with van der Waals surface area (Å²) in [6, 6.07) is 14.3. The number of ketones is 1. The van der Waals surface area contributed by atoms with Crippen molar-refractivity contribution in [2.24, 2.45) is 11.5 Å². The van der Waals surface area contributed by atoms with Gasteiger partial charge in [0, 0.05) is 243 Å². The van der Waals surface area contributed by atoms with Crippen LogP contribution in [0.4, 0.5) is 0 Å². The summed E-state index contributed by atoms with van der Waals surface area (Å²) in [5, 5.41) is 29.9. The van der Waals surface area contributed by atoms with Crippen LogP contribution in [0, 0.1) is 0 Å². The van der Waals surface area contributed by atoms with Crippen LogP contribution in [0.1, 0.15) is 165 Å².